The van der Waals surface area contributed by atoms with Gasteiger partial charge in [-0.05, 0) is 159 Å². The van der Waals surface area contributed by atoms with Gasteiger partial charge in [-0.25, -0.2) is 24.4 Å². The maximum absolute atomic E-state index is 15.0. The van der Waals surface area contributed by atoms with E-state index in [1.807, 2.05) is 94.6 Å². The zero-order valence-electron chi connectivity index (χ0n) is 51.8. The van der Waals surface area contributed by atoms with Crippen LogP contribution in [0.2, 0.25) is 0 Å². The summed E-state index contributed by atoms with van der Waals surface area (Å²) in [4.78, 5) is 97.7. The highest BCUT2D eigenvalue weighted by atomic mass is 16.8. The summed E-state index contributed by atoms with van der Waals surface area (Å²) >= 11 is 0. The Labute approximate surface area is 489 Å². The molecule has 2 aromatic heterocycles. The number of Topliss-reactive ketones (excluding diaryl/α,β-unsaturated/α-hetero) is 2. The third-order valence-electron chi connectivity index (χ3n) is 15.0. The summed E-state index contributed by atoms with van der Waals surface area (Å²) in [6.45, 7) is 30.1. The topological polar surface area (TPSA) is 210 Å². The smallest absolute Gasteiger partial charge is 0.415 e. The average Bonchev–Trinajstić information content (AvgIpc) is 2.10. The number of ether oxygens (including phenoxy) is 6. The Bertz CT molecular complexity index is 3120. The number of fused-ring (bicyclic) bond motifs is 2. The molecule has 1 saturated heterocycles. The molecule has 2 aromatic carbocycles. The number of anilines is 1. The van der Waals surface area contributed by atoms with Gasteiger partial charge in [-0.15, -0.1) is 0 Å². The summed E-state index contributed by atoms with van der Waals surface area (Å²) in [5, 5.41) is 3.45. The number of esters is 1. The fraction of sp³-hybridized carbons (Fsp3) is 0.562. The Balaban J connectivity index is 1.21. The van der Waals surface area contributed by atoms with E-state index in [-0.39, 0.29) is 61.5 Å². The van der Waals surface area contributed by atoms with Crippen molar-refractivity contribution in [3.05, 3.63) is 101 Å². The van der Waals surface area contributed by atoms with E-state index in [4.69, 9.17) is 33.4 Å². The van der Waals surface area contributed by atoms with Gasteiger partial charge < -0.3 is 48.1 Å². The number of para-hydroxylation sites is 1. The Morgan fingerprint density at radius 1 is 0.759 bits per heavy atom. The van der Waals surface area contributed by atoms with Gasteiger partial charge in [0.05, 0.1) is 17.5 Å². The van der Waals surface area contributed by atoms with E-state index >= 15 is 4.79 Å². The fourth-order valence-corrected chi connectivity index (χ4v) is 11.2. The van der Waals surface area contributed by atoms with Crippen LogP contribution in [0.5, 0.6) is 11.5 Å². The number of aromatic nitrogens is 3. The van der Waals surface area contributed by atoms with Crippen molar-refractivity contribution < 1.29 is 57.2 Å². The van der Waals surface area contributed by atoms with Gasteiger partial charge in [0.1, 0.15) is 52.4 Å². The number of hydrogen-bond acceptors (Lipinski definition) is 15. The van der Waals surface area contributed by atoms with E-state index < -0.39 is 58.3 Å². The second-order valence-corrected chi connectivity index (χ2v) is 26.3. The van der Waals surface area contributed by atoms with Crippen molar-refractivity contribution in [1.82, 2.24) is 29.7 Å². The Morgan fingerprint density at radius 3 is 2.06 bits per heavy atom. The highest BCUT2D eigenvalue weighted by molar-refractivity contribution is 6.25. The fourth-order valence-electron chi connectivity index (χ4n) is 11.2. The number of ketones is 2. The van der Waals surface area contributed by atoms with Gasteiger partial charge in [0.25, 0.3) is 0 Å². The summed E-state index contributed by atoms with van der Waals surface area (Å²) in [5.74, 6) is -0.697. The normalized spacial score (nSPS) is 19.7. The molecule has 7 rings (SSSR count). The Kier molecular flexibility index (Phi) is 19.2. The van der Waals surface area contributed by atoms with Crippen molar-refractivity contribution >= 4 is 52.5 Å². The van der Waals surface area contributed by atoms with Crippen molar-refractivity contribution in [3.8, 4) is 11.5 Å². The number of amides is 3. The van der Waals surface area contributed by atoms with Gasteiger partial charge in [-0.1, -0.05) is 44.2 Å². The molecule has 450 valence electrons. The summed E-state index contributed by atoms with van der Waals surface area (Å²) in [5.41, 5.74) is -0.526. The molecule has 5 atom stereocenters. The third kappa shape index (κ3) is 16.2. The predicted molar refractivity (Wildman–Crippen MR) is 316 cm³/mol. The van der Waals surface area contributed by atoms with Crippen LogP contribution in [-0.2, 0) is 49.4 Å². The molecule has 0 radical (unpaired) electrons. The molecule has 19 heteroatoms. The van der Waals surface area contributed by atoms with Crippen LogP contribution in [0, 0.1) is 11.3 Å². The maximum atomic E-state index is 15.0. The number of nitrogens with one attached hydrogen (secondary N) is 1. The van der Waals surface area contributed by atoms with Crippen molar-refractivity contribution in [2.24, 2.45) is 11.3 Å². The molecule has 3 heterocycles. The highest BCUT2D eigenvalue weighted by Gasteiger charge is 2.55. The highest BCUT2D eigenvalue weighted by Crippen LogP contribution is 2.48. The minimum atomic E-state index is -1.08. The molecule has 3 aliphatic rings. The number of rotatable bonds is 20. The van der Waals surface area contributed by atoms with Gasteiger partial charge in [-0.2, -0.15) is 0 Å². The molecular weight excluding hydrogens is 1060 g/mol. The standard InChI is InChI=1S/C64H87N7O12/c1-39-40(2)52(74)50(41(3)51(39)73)63(13,14)35-49(72)70(36-42-23-21-26-45(33-42)78-44-24-19-18-20-25-44)30-22-29-69(31-28-47(57(75)81-60(4,5)6)67-58(76)82-61(7,8)9)37-43-34-48(54-53(43)79-64(15,16)80-54)71-32-27-46-55(65-38-66-56(46)71)68(17)59(77)83-62(10,11)12/h18-21,23-27,32-33,38,43,47-48,53-54H,22,28-31,34-37H2,1-17H3,(H,67,76)/t43-,47+,48-,53-,54+/m1/s1. The van der Waals surface area contributed by atoms with E-state index in [1.54, 1.807) is 95.0 Å². The van der Waals surface area contributed by atoms with Crippen molar-refractivity contribution in [2.45, 2.75) is 190 Å². The summed E-state index contributed by atoms with van der Waals surface area (Å²) in [6, 6.07) is 17.6. The minimum absolute atomic E-state index is 0.0553. The molecule has 1 N–H and O–H groups in total. The Morgan fingerprint density at radius 2 is 1.40 bits per heavy atom. The molecule has 1 saturated carbocycles. The monoisotopic (exact) mass is 1150 g/mol. The van der Waals surface area contributed by atoms with E-state index in [0.29, 0.717) is 83.1 Å². The lowest BCUT2D eigenvalue weighted by atomic mass is 9.71. The molecule has 4 aromatic rings. The lowest BCUT2D eigenvalue weighted by Gasteiger charge is -2.34. The second-order valence-electron chi connectivity index (χ2n) is 26.3. The molecule has 3 amide bonds. The quantitative estimate of drug-likeness (QED) is 0.0495. The van der Waals surface area contributed by atoms with Crippen LogP contribution < -0.4 is 15.0 Å². The minimum Gasteiger partial charge on any atom is -0.458 e. The van der Waals surface area contributed by atoms with Crippen molar-refractivity contribution in [1.29, 1.82) is 0 Å². The number of nitrogens with zero attached hydrogens (tertiary/aromatic N) is 6. The first-order chi connectivity index (χ1) is 38.6. The van der Waals surface area contributed by atoms with Crippen molar-refractivity contribution in [2.75, 3.05) is 38.1 Å². The lowest BCUT2D eigenvalue weighted by molar-refractivity contribution is -0.161. The van der Waals surface area contributed by atoms with Crippen LogP contribution >= 0.6 is 0 Å². The molecule has 0 unspecified atom stereocenters. The predicted octanol–water partition coefficient (Wildman–Crippen LogP) is 11.2. The molecule has 1 aliphatic heterocycles. The van der Waals surface area contributed by atoms with Crippen LogP contribution in [0.3, 0.4) is 0 Å². The number of carbonyl (C=O) groups is 6. The van der Waals surface area contributed by atoms with Gasteiger partial charge in [0.2, 0.25) is 5.91 Å². The molecular formula is C64H87N7O12. The molecule has 0 spiro atoms. The van der Waals surface area contributed by atoms with Gasteiger partial charge in [0, 0.05) is 79.5 Å². The third-order valence-corrected chi connectivity index (χ3v) is 15.0. The van der Waals surface area contributed by atoms with Crippen LogP contribution in [0.4, 0.5) is 15.4 Å². The van der Waals surface area contributed by atoms with Crippen molar-refractivity contribution in [3.63, 3.8) is 0 Å². The SMILES string of the molecule is CC1=C(C)C(=O)C(C(C)(C)CC(=O)N(CCCN(CC[C@H](NC(=O)OC(C)(C)C)C(=O)OC(C)(C)C)C[C@H]2C[C@@H](n3ccc4c(N(C)C(=O)OC(C)(C)C)ncnc43)[C@@H]3OC(C)(C)O[C@H]23)Cc2cccc(Oc3ccccc3)c2)=C(C)C1=O. The Hall–Kier alpha value is -6.96. The van der Waals surface area contributed by atoms with Gasteiger partial charge >= 0.3 is 18.2 Å². The number of allylic oxidation sites excluding steroid dienone is 4. The number of benzene rings is 2. The summed E-state index contributed by atoms with van der Waals surface area (Å²) in [7, 11) is 1.62. The van der Waals surface area contributed by atoms with Crippen LogP contribution in [0.25, 0.3) is 11.0 Å². The number of hydrogen-bond donors (Lipinski definition) is 1. The first kappa shape index (κ1) is 63.6. The van der Waals surface area contributed by atoms with Gasteiger partial charge in [0.15, 0.2) is 23.2 Å². The molecule has 2 fully saturated rings. The van der Waals surface area contributed by atoms with E-state index in [0.717, 1.165) is 5.56 Å². The second kappa shape index (κ2) is 25.1. The van der Waals surface area contributed by atoms with E-state index in [1.165, 1.54) is 11.2 Å². The summed E-state index contributed by atoms with van der Waals surface area (Å²) < 4.78 is 39.0. The molecule has 0 bridgehead atoms. The first-order valence-electron chi connectivity index (χ1n) is 28.8. The maximum Gasteiger partial charge on any atom is 0.415 e. The summed E-state index contributed by atoms with van der Waals surface area (Å²) in [6.07, 6.45) is 2.39. The van der Waals surface area contributed by atoms with Crippen LogP contribution in [0.1, 0.15) is 148 Å². The number of alkyl carbamates (subject to hydrolysis) is 1. The lowest BCUT2D eigenvalue weighted by Crippen LogP contribution is -2.48. The van der Waals surface area contributed by atoms with Crippen LogP contribution in [-0.4, -0.2) is 134 Å². The van der Waals surface area contributed by atoms with Crippen LogP contribution in [0.15, 0.2) is 95.5 Å². The zero-order chi connectivity index (χ0) is 61.1. The van der Waals surface area contributed by atoms with Gasteiger partial charge in [-0.3, -0.25) is 19.3 Å². The van der Waals surface area contributed by atoms with E-state index in [2.05, 4.69) is 19.8 Å². The zero-order valence-corrected chi connectivity index (χ0v) is 51.8. The number of carbonyl (C=O) groups excluding carboxylic acids is 6. The molecule has 83 heavy (non-hydrogen) atoms. The average molecular weight is 1150 g/mol. The van der Waals surface area contributed by atoms with E-state index in [9.17, 15) is 24.0 Å². The largest absolute Gasteiger partial charge is 0.458 e. The molecule has 19 nitrogen and oxygen atoms in total. The first-order valence-corrected chi connectivity index (χ1v) is 28.8. The molecule has 2 aliphatic carbocycles.